The summed E-state index contributed by atoms with van der Waals surface area (Å²) in [6, 6.07) is 13.9. The number of aliphatic hydroxyl groups excluding tert-OH is 2. The number of benzene rings is 2. The SMILES string of the molecule is CC(C)(c1ccc(OCC(O)CN(N)/C(=C\N)CO)cc1)c1ccc(OCCCCl)c(Br)c1. The molecule has 0 heterocycles. The van der Waals surface area contributed by atoms with E-state index in [4.69, 9.17) is 37.8 Å². The van der Waals surface area contributed by atoms with Crippen molar-refractivity contribution >= 4 is 27.5 Å². The normalized spacial score (nSPS) is 13.0. The minimum atomic E-state index is -0.852. The second kappa shape index (κ2) is 13.1. The third-order valence-electron chi connectivity index (χ3n) is 5.34. The largest absolute Gasteiger partial charge is 0.492 e. The van der Waals surface area contributed by atoms with Crippen molar-refractivity contribution in [1.29, 1.82) is 0 Å². The van der Waals surface area contributed by atoms with Gasteiger partial charge in [-0.25, -0.2) is 5.84 Å². The second-order valence-electron chi connectivity index (χ2n) is 8.12. The van der Waals surface area contributed by atoms with Gasteiger partial charge in [0.2, 0.25) is 0 Å². The Bertz CT molecular complexity index is 909. The van der Waals surface area contributed by atoms with Gasteiger partial charge in [-0.15, -0.1) is 11.6 Å². The number of hydrogen-bond donors (Lipinski definition) is 4. The topological polar surface area (TPSA) is 114 Å². The average molecular weight is 543 g/mol. The Morgan fingerprint density at radius 2 is 1.85 bits per heavy atom. The maximum Gasteiger partial charge on any atom is 0.133 e. The summed E-state index contributed by atoms with van der Waals surface area (Å²) in [7, 11) is 0. The fourth-order valence-corrected chi connectivity index (χ4v) is 3.81. The van der Waals surface area contributed by atoms with Gasteiger partial charge in [-0.2, -0.15) is 0 Å². The Kier molecular flexibility index (Phi) is 10.8. The number of rotatable bonds is 13. The smallest absolute Gasteiger partial charge is 0.133 e. The molecule has 0 aliphatic rings. The van der Waals surface area contributed by atoms with Crippen LogP contribution in [0.5, 0.6) is 11.5 Å². The highest BCUT2D eigenvalue weighted by Crippen LogP contribution is 2.36. The second-order valence-corrected chi connectivity index (χ2v) is 9.35. The lowest BCUT2D eigenvalue weighted by Crippen LogP contribution is -2.40. The molecule has 1 unspecified atom stereocenters. The van der Waals surface area contributed by atoms with Gasteiger partial charge in [-0.3, -0.25) is 0 Å². The van der Waals surface area contributed by atoms with Crippen LogP contribution in [-0.2, 0) is 5.41 Å². The number of hydrazine groups is 1. The summed E-state index contributed by atoms with van der Waals surface area (Å²) in [5.41, 5.74) is 7.72. The molecule has 33 heavy (non-hydrogen) atoms. The van der Waals surface area contributed by atoms with Gasteiger partial charge in [-0.1, -0.05) is 32.0 Å². The quantitative estimate of drug-likeness (QED) is 0.133. The third kappa shape index (κ3) is 7.79. The molecule has 0 aromatic heterocycles. The molecule has 7 nitrogen and oxygen atoms in total. The average Bonchev–Trinajstić information content (AvgIpc) is 2.80. The third-order valence-corrected chi connectivity index (χ3v) is 6.23. The van der Waals surface area contributed by atoms with E-state index < -0.39 is 6.10 Å². The maximum absolute atomic E-state index is 10.2. The van der Waals surface area contributed by atoms with E-state index >= 15 is 0 Å². The number of aliphatic hydroxyl groups is 2. The summed E-state index contributed by atoms with van der Waals surface area (Å²) in [4.78, 5) is 0. The predicted molar refractivity (Wildman–Crippen MR) is 135 cm³/mol. The lowest BCUT2D eigenvalue weighted by Gasteiger charge is -2.27. The van der Waals surface area contributed by atoms with Gasteiger partial charge in [0.05, 0.1) is 29.9 Å². The van der Waals surface area contributed by atoms with Crippen LogP contribution in [0.25, 0.3) is 0 Å². The molecule has 0 radical (unpaired) electrons. The van der Waals surface area contributed by atoms with Gasteiger partial charge in [-0.05, 0) is 57.7 Å². The molecular formula is C24H33BrClN3O4. The number of hydrogen-bond acceptors (Lipinski definition) is 7. The van der Waals surface area contributed by atoms with Crippen molar-refractivity contribution in [3.8, 4) is 11.5 Å². The first-order valence-corrected chi connectivity index (χ1v) is 12.0. The molecule has 6 N–H and O–H groups in total. The number of halogens is 2. The van der Waals surface area contributed by atoms with Crippen LogP contribution in [-0.4, -0.2) is 53.6 Å². The van der Waals surface area contributed by atoms with E-state index in [1.807, 2.05) is 30.3 Å². The van der Waals surface area contributed by atoms with E-state index in [1.54, 1.807) is 0 Å². The first-order valence-electron chi connectivity index (χ1n) is 10.7. The van der Waals surface area contributed by atoms with Crippen molar-refractivity contribution in [2.75, 3.05) is 32.2 Å². The van der Waals surface area contributed by atoms with Crippen molar-refractivity contribution in [1.82, 2.24) is 5.01 Å². The van der Waals surface area contributed by atoms with Crippen molar-refractivity contribution < 1.29 is 19.7 Å². The Morgan fingerprint density at radius 1 is 1.18 bits per heavy atom. The van der Waals surface area contributed by atoms with Crippen LogP contribution in [0.3, 0.4) is 0 Å². The summed E-state index contributed by atoms with van der Waals surface area (Å²) in [6.07, 6.45) is 1.15. The highest BCUT2D eigenvalue weighted by atomic mass is 79.9. The molecule has 0 aliphatic carbocycles. The highest BCUT2D eigenvalue weighted by molar-refractivity contribution is 9.10. The molecule has 0 amide bonds. The minimum Gasteiger partial charge on any atom is -0.492 e. The standard InChI is InChI=1S/C24H33BrClN3O4/c1-24(2,18-6-9-23(22(25)12-18)32-11-3-10-26)17-4-7-21(8-5-17)33-16-20(31)14-29(28)19(13-27)15-30/h4-9,12-13,20,30-31H,3,10-11,14-16,27-28H2,1-2H3/b19-13-. The summed E-state index contributed by atoms with van der Waals surface area (Å²) in [5.74, 6) is 7.78. The Labute approximate surface area is 209 Å². The van der Waals surface area contributed by atoms with Crippen LogP contribution in [0.15, 0.2) is 58.8 Å². The first-order chi connectivity index (χ1) is 15.7. The van der Waals surface area contributed by atoms with Crippen molar-refractivity contribution in [3.05, 3.63) is 70.0 Å². The molecule has 9 heteroatoms. The number of nitrogens with zero attached hydrogens (tertiary/aromatic N) is 1. The molecule has 0 saturated carbocycles. The Morgan fingerprint density at radius 3 is 2.42 bits per heavy atom. The van der Waals surface area contributed by atoms with E-state index in [0.717, 1.165) is 27.8 Å². The van der Waals surface area contributed by atoms with Gasteiger partial charge >= 0.3 is 0 Å². The van der Waals surface area contributed by atoms with Crippen LogP contribution >= 0.6 is 27.5 Å². The summed E-state index contributed by atoms with van der Waals surface area (Å²) in [5, 5.41) is 20.5. The molecule has 2 rings (SSSR count). The Balaban J connectivity index is 2.00. The molecule has 0 aliphatic heterocycles. The van der Waals surface area contributed by atoms with E-state index in [1.165, 1.54) is 11.2 Å². The molecular weight excluding hydrogens is 510 g/mol. The van der Waals surface area contributed by atoms with Crippen LogP contribution in [0.4, 0.5) is 0 Å². The number of nitrogens with two attached hydrogens (primary N) is 2. The number of alkyl halides is 1. The van der Waals surface area contributed by atoms with Gasteiger partial charge in [0.15, 0.2) is 0 Å². The maximum atomic E-state index is 10.2. The van der Waals surface area contributed by atoms with E-state index in [-0.39, 0.29) is 25.2 Å². The molecule has 2 aromatic rings. The monoisotopic (exact) mass is 541 g/mol. The Hall–Kier alpha value is -1.97. The number of ether oxygens (including phenoxy) is 2. The predicted octanol–water partition coefficient (Wildman–Crippen LogP) is 3.49. The zero-order valence-electron chi connectivity index (χ0n) is 19.0. The summed E-state index contributed by atoms with van der Waals surface area (Å²) in [6.45, 7) is 4.71. The highest BCUT2D eigenvalue weighted by Gasteiger charge is 2.24. The first kappa shape index (κ1) is 27.3. The summed E-state index contributed by atoms with van der Waals surface area (Å²) < 4.78 is 12.4. The van der Waals surface area contributed by atoms with E-state index in [0.29, 0.717) is 23.9 Å². The molecule has 0 spiro atoms. The van der Waals surface area contributed by atoms with Crippen molar-refractivity contribution in [3.63, 3.8) is 0 Å². The molecule has 182 valence electrons. The zero-order valence-corrected chi connectivity index (χ0v) is 21.3. The zero-order chi connectivity index (χ0) is 24.4. The van der Waals surface area contributed by atoms with Gasteiger partial charge < -0.3 is 30.4 Å². The minimum absolute atomic E-state index is 0.0534. The molecule has 0 fully saturated rings. The van der Waals surface area contributed by atoms with E-state index in [9.17, 15) is 5.11 Å². The van der Waals surface area contributed by atoms with Crippen molar-refractivity contribution in [2.45, 2.75) is 31.8 Å². The van der Waals surface area contributed by atoms with Crippen LogP contribution in [0.2, 0.25) is 0 Å². The lowest BCUT2D eigenvalue weighted by molar-refractivity contribution is 0.0745. The molecule has 0 bridgehead atoms. The van der Waals surface area contributed by atoms with Gasteiger partial charge in [0.1, 0.15) is 24.2 Å². The summed E-state index contributed by atoms with van der Waals surface area (Å²) >= 11 is 9.32. The van der Waals surface area contributed by atoms with Gasteiger partial charge in [0.25, 0.3) is 0 Å². The van der Waals surface area contributed by atoms with Crippen LogP contribution < -0.4 is 21.1 Å². The molecule has 0 saturated heterocycles. The fourth-order valence-electron chi connectivity index (χ4n) is 3.21. The lowest BCUT2D eigenvalue weighted by atomic mass is 9.78. The molecule has 1 atom stereocenters. The van der Waals surface area contributed by atoms with Crippen LogP contribution in [0, 0.1) is 0 Å². The van der Waals surface area contributed by atoms with Crippen LogP contribution in [0.1, 0.15) is 31.4 Å². The molecule has 2 aromatic carbocycles. The van der Waals surface area contributed by atoms with Gasteiger partial charge in [0, 0.05) is 17.5 Å². The fraction of sp³-hybridized carbons (Fsp3) is 0.417. The van der Waals surface area contributed by atoms with E-state index in [2.05, 4.69) is 41.9 Å². The van der Waals surface area contributed by atoms with Crippen molar-refractivity contribution in [2.24, 2.45) is 11.6 Å².